The Morgan fingerprint density at radius 2 is 1.77 bits per heavy atom. The van der Waals surface area contributed by atoms with Crippen molar-refractivity contribution in [2.75, 3.05) is 11.1 Å². The van der Waals surface area contributed by atoms with Gasteiger partial charge in [-0.25, -0.2) is 0 Å². The molecule has 1 unspecified atom stereocenters. The first-order chi connectivity index (χ1) is 16.8. The molecule has 1 amide bonds. The number of aromatic nitrogens is 3. The molecule has 1 N–H and O–H groups in total. The van der Waals surface area contributed by atoms with E-state index in [0.717, 1.165) is 27.0 Å². The lowest BCUT2D eigenvalue weighted by molar-refractivity contribution is -0.113. The summed E-state index contributed by atoms with van der Waals surface area (Å²) in [5, 5.41) is 12.9. The number of nitrogens with zero attached hydrogens (tertiary/aromatic N) is 3. The van der Waals surface area contributed by atoms with E-state index in [0.29, 0.717) is 21.8 Å². The second kappa shape index (κ2) is 11.3. The Morgan fingerprint density at radius 3 is 2.51 bits per heavy atom. The lowest BCUT2D eigenvalue weighted by atomic mass is 10.1. The minimum atomic E-state index is -0.431. The van der Waals surface area contributed by atoms with Crippen LogP contribution in [0, 0.1) is 13.8 Å². The van der Waals surface area contributed by atoms with Gasteiger partial charge in [0.1, 0.15) is 5.75 Å². The molecule has 1 heterocycles. The summed E-state index contributed by atoms with van der Waals surface area (Å²) in [6.07, 6.45) is -0.431. The molecule has 0 saturated heterocycles. The van der Waals surface area contributed by atoms with Crippen LogP contribution in [0.2, 0.25) is 5.02 Å². The summed E-state index contributed by atoms with van der Waals surface area (Å²) in [5.41, 5.74) is 3.79. The molecule has 0 aliphatic rings. The first-order valence-corrected chi connectivity index (χ1v) is 13.1. The minimum Gasteiger partial charge on any atom is -0.481 e. The molecule has 0 bridgehead atoms. The van der Waals surface area contributed by atoms with Crippen molar-refractivity contribution in [1.82, 2.24) is 14.8 Å². The molecule has 0 saturated carbocycles. The number of amides is 1. The fraction of sp³-hybridized carbons (Fsp3) is 0.192. The zero-order valence-electron chi connectivity index (χ0n) is 19.5. The van der Waals surface area contributed by atoms with Crippen molar-refractivity contribution in [1.29, 1.82) is 0 Å². The van der Waals surface area contributed by atoms with Crippen LogP contribution in [0.3, 0.4) is 0 Å². The number of hydrogen-bond donors (Lipinski definition) is 1. The second-order valence-corrected chi connectivity index (χ2v) is 10.1. The van der Waals surface area contributed by atoms with Crippen molar-refractivity contribution in [3.63, 3.8) is 0 Å². The topological polar surface area (TPSA) is 69.0 Å². The molecule has 0 spiro atoms. The fourth-order valence-electron chi connectivity index (χ4n) is 3.48. The van der Waals surface area contributed by atoms with Gasteiger partial charge in [0, 0.05) is 15.8 Å². The third-order valence-electron chi connectivity index (χ3n) is 5.50. The maximum absolute atomic E-state index is 12.8. The third kappa shape index (κ3) is 5.89. The standard InChI is InChI=1S/C26H24BrClN4O2S/c1-16-17(2)22(14-13-20(16)27)29-24(33)15-35-26-31-30-25(32(26)19-9-5-4-6-10-19)18(3)34-23-12-8-7-11-21(23)28/h4-14,18H,15H2,1-3H3,(H,29,33). The van der Waals surface area contributed by atoms with Gasteiger partial charge in [-0.2, -0.15) is 0 Å². The Labute approximate surface area is 222 Å². The first-order valence-electron chi connectivity index (χ1n) is 11.0. The minimum absolute atomic E-state index is 0.121. The molecule has 35 heavy (non-hydrogen) atoms. The van der Waals surface area contributed by atoms with Gasteiger partial charge in [-0.1, -0.05) is 69.6 Å². The van der Waals surface area contributed by atoms with Gasteiger partial charge in [0.05, 0.1) is 10.8 Å². The lowest BCUT2D eigenvalue weighted by Gasteiger charge is -2.17. The van der Waals surface area contributed by atoms with E-state index in [9.17, 15) is 4.79 Å². The second-order valence-electron chi connectivity index (χ2n) is 7.88. The predicted octanol–water partition coefficient (Wildman–Crippen LogP) is 7.17. The van der Waals surface area contributed by atoms with Crippen molar-refractivity contribution in [3.8, 4) is 11.4 Å². The number of hydrogen-bond acceptors (Lipinski definition) is 5. The number of carbonyl (C=O) groups excluding carboxylic acids is 1. The van der Waals surface area contributed by atoms with Crippen LogP contribution in [0.15, 0.2) is 76.4 Å². The molecule has 0 aliphatic heterocycles. The van der Waals surface area contributed by atoms with E-state index >= 15 is 0 Å². The molecular formula is C26H24BrClN4O2S. The van der Waals surface area contributed by atoms with Gasteiger partial charge in [0.25, 0.3) is 0 Å². The largest absolute Gasteiger partial charge is 0.481 e. The van der Waals surface area contributed by atoms with Crippen LogP contribution in [0.5, 0.6) is 5.75 Å². The molecule has 9 heteroatoms. The molecule has 3 aromatic carbocycles. The van der Waals surface area contributed by atoms with Gasteiger partial charge in [-0.05, 0) is 68.3 Å². The van der Waals surface area contributed by atoms with Crippen LogP contribution in [0.4, 0.5) is 5.69 Å². The predicted molar refractivity (Wildman–Crippen MR) is 145 cm³/mol. The number of thioether (sulfide) groups is 1. The van der Waals surface area contributed by atoms with E-state index < -0.39 is 6.10 Å². The van der Waals surface area contributed by atoms with Crippen LogP contribution in [0.25, 0.3) is 5.69 Å². The maximum Gasteiger partial charge on any atom is 0.234 e. The zero-order chi connectivity index (χ0) is 24.9. The number of nitrogens with one attached hydrogen (secondary N) is 1. The molecule has 1 atom stereocenters. The lowest BCUT2D eigenvalue weighted by Crippen LogP contribution is -2.16. The Morgan fingerprint density at radius 1 is 1.06 bits per heavy atom. The Kier molecular flexibility index (Phi) is 8.15. The van der Waals surface area contributed by atoms with Crippen molar-refractivity contribution in [3.05, 3.63) is 93.2 Å². The molecular weight excluding hydrogens is 548 g/mol. The van der Waals surface area contributed by atoms with E-state index in [2.05, 4.69) is 31.4 Å². The van der Waals surface area contributed by atoms with Gasteiger partial charge in [-0.15, -0.1) is 10.2 Å². The molecule has 4 rings (SSSR count). The monoisotopic (exact) mass is 570 g/mol. The van der Waals surface area contributed by atoms with E-state index in [1.54, 1.807) is 6.07 Å². The maximum atomic E-state index is 12.8. The molecule has 0 fully saturated rings. The van der Waals surface area contributed by atoms with Crippen molar-refractivity contribution in [2.45, 2.75) is 32.0 Å². The van der Waals surface area contributed by atoms with E-state index in [4.69, 9.17) is 16.3 Å². The van der Waals surface area contributed by atoms with Crippen LogP contribution < -0.4 is 10.1 Å². The summed E-state index contributed by atoms with van der Waals surface area (Å²) in [4.78, 5) is 12.8. The molecule has 1 aromatic heterocycles. The van der Waals surface area contributed by atoms with Crippen molar-refractivity contribution < 1.29 is 9.53 Å². The summed E-state index contributed by atoms with van der Waals surface area (Å²) in [6, 6.07) is 20.9. The molecule has 0 radical (unpaired) electrons. The van der Waals surface area contributed by atoms with Crippen LogP contribution in [-0.2, 0) is 4.79 Å². The highest BCUT2D eigenvalue weighted by Crippen LogP contribution is 2.31. The van der Waals surface area contributed by atoms with Crippen LogP contribution in [-0.4, -0.2) is 26.4 Å². The number of rotatable bonds is 8. The summed E-state index contributed by atoms with van der Waals surface area (Å²) < 4.78 is 9.02. The average molecular weight is 572 g/mol. The van der Waals surface area contributed by atoms with Crippen LogP contribution in [0.1, 0.15) is 30.0 Å². The first kappa shape index (κ1) is 25.3. The highest BCUT2D eigenvalue weighted by molar-refractivity contribution is 9.10. The molecule has 4 aromatic rings. The third-order valence-corrected chi connectivity index (χ3v) is 7.60. The Balaban J connectivity index is 1.55. The van der Waals surface area contributed by atoms with Crippen molar-refractivity contribution >= 4 is 50.9 Å². The summed E-state index contributed by atoms with van der Waals surface area (Å²) in [5.74, 6) is 1.24. The van der Waals surface area contributed by atoms with E-state index in [1.807, 2.05) is 86.0 Å². The summed E-state index contributed by atoms with van der Waals surface area (Å²) in [6.45, 7) is 5.90. The molecule has 180 valence electrons. The summed E-state index contributed by atoms with van der Waals surface area (Å²) >= 11 is 11.1. The highest BCUT2D eigenvalue weighted by atomic mass is 79.9. The zero-order valence-corrected chi connectivity index (χ0v) is 22.6. The summed E-state index contributed by atoms with van der Waals surface area (Å²) in [7, 11) is 0. The quantitative estimate of drug-likeness (QED) is 0.227. The molecule has 6 nitrogen and oxygen atoms in total. The highest BCUT2D eigenvalue weighted by Gasteiger charge is 2.22. The van der Waals surface area contributed by atoms with Gasteiger partial charge in [0.2, 0.25) is 5.91 Å². The van der Waals surface area contributed by atoms with Gasteiger partial charge >= 0.3 is 0 Å². The fourth-order valence-corrected chi connectivity index (χ4v) is 4.85. The SMILES string of the molecule is Cc1c(Br)ccc(NC(=O)CSc2nnc(C(C)Oc3ccccc3Cl)n2-c2ccccc2)c1C. The van der Waals surface area contributed by atoms with Crippen LogP contribution >= 0.6 is 39.3 Å². The number of benzene rings is 3. The smallest absolute Gasteiger partial charge is 0.234 e. The normalized spacial score (nSPS) is 11.8. The van der Waals surface area contributed by atoms with E-state index in [-0.39, 0.29) is 11.7 Å². The van der Waals surface area contributed by atoms with Gasteiger partial charge in [0.15, 0.2) is 17.1 Å². The van der Waals surface area contributed by atoms with Crippen molar-refractivity contribution in [2.24, 2.45) is 0 Å². The average Bonchev–Trinajstić information content (AvgIpc) is 3.29. The van der Waals surface area contributed by atoms with E-state index in [1.165, 1.54) is 11.8 Å². The Bertz CT molecular complexity index is 1350. The van der Waals surface area contributed by atoms with Gasteiger partial charge < -0.3 is 10.1 Å². The number of anilines is 1. The molecule has 0 aliphatic carbocycles. The number of halogens is 2. The number of carbonyl (C=O) groups is 1. The number of ether oxygens (including phenoxy) is 1. The number of para-hydroxylation sites is 2. The Hall–Kier alpha value is -2.81. The van der Waals surface area contributed by atoms with Gasteiger partial charge in [-0.3, -0.25) is 9.36 Å².